The molecule has 0 aliphatic heterocycles. The van der Waals surface area contributed by atoms with E-state index in [0.29, 0.717) is 0 Å². The standard InChI is InChI=1S/2C9H11N.2ClH.Cr/c2*1-6-4-7(2)9(10)8(3)5-6;;;/h2*4-5H,1-3H3;2*1H;/q;;;;+2/p-2. The summed E-state index contributed by atoms with van der Waals surface area (Å²) in [6, 6.07) is 8.37. The van der Waals surface area contributed by atoms with Crippen molar-refractivity contribution < 1.29 is 10.8 Å². The zero-order chi connectivity index (χ0) is 17.4. The monoisotopic (exact) mass is 388 g/mol. The maximum absolute atomic E-state index is 6.56. The SMILES string of the molecule is Cc1cc(C)c([N]=[Cr]([Cl])([Cl])=[N]c2c(C)cc(C)cc2C)c(C)c1. The van der Waals surface area contributed by atoms with Crippen molar-refractivity contribution in [3.8, 4) is 0 Å². The first-order valence-corrected chi connectivity index (χ1v) is 12.1. The van der Waals surface area contributed by atoms with Crippen LogP contribution in [0, 0.1) is 41.5 Å². The summed E-state index contributed by atoms with van der Waals surface area (Å²) in [5, 5.41) is 0. The van der Waals surface area contributed by atoms with Gasteiger partial charge in [-0.1, -0.05) is 0 Å². The third kappa shape index (κ3) is 4.58. The van der Waals surface area contributed by atoms with Crippen LogP contribution in [0.15, 0.2) is 32.1 Å². The number of halogens is 2. The van der Waals surface area contributed by atoms with E-state index in [2.05, 4.69) is 46.0 Å². The van der Waals surface area contributed by atoms with Crippen LogP contribution in [-0.4, -0.2) is 0 Å². The van der Waals surface area contributed by atoms with Gasteiger partial charge in [0.15, 0.2) is 0 Å². The van der Waals surface area contributed by atoms with E-state index in [1.807, 2.05) is 27.7 Å². The Morgan fingerprint density at radius 1 is 0.609 bits per heavy atom. The number of benzene rings is 2. The van der Waals surface area contributed by atoms with Gasteiger partial charge in [-0.05, 0) is 0 Å². The normalized spacial score (nSPS) is 11.5. The summed E-state index contributed by atoms with van der Waals surface area (Å²) >= 11 is 0. The molecule has 0 fully saturated rings. The van der Waals surface area contributed by atoms with Crippen molar-refractivity contribution in [2.75, 3.05) is 0 Å². The van der Waals surface area contributed by atoms with Gasteiger partial charge in [0, 0.05) is 0 Å². The topological polar surface area (TPSA) is 24.7 Å². The summed E-state index contributed by atoms with van der Waals surface area (Å²) in [4.78, 5) is 0. The molecule has 0 spiro atoms. The molecule has 0 heterocycles. The molecule has 2 aromatic carbocycles. The van der Waals surface area contributed by atoms with E-state index in [9.17, 15) is 0 Å². The molecule has 0 aliphatic rings. The Morgan fingerprint density at radius 2 is 0.870 bits per heavy atom. The molecule has 2 nitrogen and oxygen atoms in total. The molecule has 124 valence electrons. The predicted molar refractivity (Wildman–Crippen MR) is 97.2 cm³/mol. The maximum atomic E-state index is 6.56. The number of hydrogen-bond acceptors (Lipinski definition) is 2. The quantitative estimate of drug-likeness (QED) is 0.514. The van der Waals surface area contributed by atoms with Crippen molar-refractivity contribution in [1.82, 2.24) is 0 Å². The summed E-state index contributed by atoms with van der Waals surface area (Å²) in [6.07, 6.45) is 0. The molecule has 0 saturated heterocycles. The Kier molecular flexibility index (Phi) is 5.59. The van der Waals surface area contributed by atoms with Crippen LogP contribution in [0.2, 0.25) is 0 Å². The van der Waals surface area contributed by atoms with E-state index in [0.717, 1.165) is 33.6 Å². The van der Waals surface area contributed by atoms with Gasteiger partial charge in [0.2, 0.25) is 0 Å². The number of hydrogen-bond donors (Lipinski definition) is 0. The molecule has 0 aliphatic carbocycles. The molecular formula is C18H22Cl2CrN2. The van der Waals surface area contributed by atoms with Crippen LogP contribution >= 0.6 is 20.1 Å². The van der Waals surface area contributed by atoms with E-state index in [1.54, 1.807) is 0 Å². The fourth-order valence-electron chi connectivity index (χ4n) is 2.87. The number of aryl methyl sites for hydroxylation is 6. The second-order valence-corrected chi connectivity index (χ2v) is 12.2. The van der Waals surface area contributed by atoms with Gasteiger partial charge >= 0.3 is 149 Å². The van der Waals surface area contributed by atoms with Crippen LogP contribution in [0.3, 0.4) is 0 Å². The van der Waals surface area contributed by atoms with Gasteiger partial charge in [0.25, 0.3) is 0 Å². The molecule has 2 rings (SSSR count). The van der Waals surface area contributed by atoms with Crippen molar-refractivity contribution >= 4 is 31.5 Å². The minimum atomic E-state index is -3.35. The fraction of sp³-hybridized carbons (Fsp3) is 0.333. The first-order chi connectivity index (χ1) is 10.6. The predicted octanol–water partition coefficient (Wildman–Crippen LogP) is 7.33. The second-order valence-electron chi connectivity index (χ2n) is 6.09. The minimum absolute atomic E-state index is 0.867. The third-order valence-corrected chi connectivity index (χ3v) is 6.07. The van der Waals surface area contributed by atoms with Crippen LogP contribution in [0.1, 0.15) is 33.4 Å². The molecular weight excluding hydrogens is 367 g/mol. The summed E-state index contributed by atoms with van der Waals surface area (Å²) < 4.78 is 9.30. The molecule has 0 radical (unpaired) electrons. The van der Waals surface area contributed by atoms with Crippen molar-refractivity contribution in [3.05, 3.63) is 57.6 Å². The van der Waals surface area contributed by atoms with Crippen molar-refractivity contribution in [1.29, 1.82) is 0 Å². The molecule has 0 amide bonds. The summed E-state index contributed by atoms with van der Waals surface area (Å²) in [6.45, 7) is 12.3. The Bertz CT molecular complexity index is 768. The van der Waals surface area contributed by atoms with Crippen LogP contribution in [-0.2, 0) is 10.8 Å². The summed E-state index contributed by atoms with van der Waals surface area (Å²) in [5.74, 6) is 0. The number of nitrogens with zero attached hydrogens (tertiary/aromatic N) is 2. The van der Waals surface area contributed by atoms with Crippen LogP contribution in [0.4, 0.5) is 11.4 Å². The zero-order valence-corrected chi connectivity index (χ0v) is 17.2. The average Bonchev–Trinajstić information content (AvgIpc) is 2.38. The van der Waals surface area contributed by atoms with Crippen molar-refractivity contribution in [3.63, 3.8) is 0 Å². The average molecular weight is 389 g/mol. The van der Waals surface area contributed by atoms with Gasteiger partial charge in [0.1, 0.15) is 0 Å². The van der Waals surface area contributed by atoms with Gasteiger partial charge in [-0.3, -0.25) is 0 Å². The molecule has 0 saturated carbocycles. The Morgan fingerprint density at radius 3 is 1.13 bits per heavy atom. The van der Waals surface area contributed by atoms with Crippen LogP contribution in [0.25, 0.3) is 0 Å². The first-order valence-electron chi connectivity index (χ1n) is 7.43. The second kappa shape index (κ2) is 6.95. The van der Waals surface area contributed by atoms with Gasteiger partial charge < -0.3 is 0 Å². The van der Waals surface area contributed by atoms with E-state index in [1.165, 1.54) is 11.1 Å². The van der Waals surface area contributed by atoms with Crippen molar-refractivity contribution in [2.45, 2.75) is 41.5 Å². The van der Waals surface area contributed by atoms with E-state index in [-0.39, 0.29) is 0 Å². The molecule has 0 atom stereocenters. The molecule has 0 bridgehead atoms. The molecule has 0 aromatic heterocycles. The zero-order valence-electron chi connectivity index (χ0n) is 14.4. The van der Waals surface area contributed by atoms with Gasteiger partial charge in [-0.2, -0.15) is 0 Å². The molecule has 0 N–H and O–H groups in total. The number of rotatable bonds is 2. The van der Waals surface area contributed by atoms with Crippen LogP contribution in [0.5, 0.6) is 0 Å². The first kappa shape index (κ1) is 18.5. The van der Waals surface area contributed by atoms with Gasteiger partial charge in [0.05, 0.1) is 0 Å². The van der Waals surface area contributed by atoms with Gasteiger partial charge in [-0.15, -0.1) is 0 Å². The summed E-state index contributed by atoms with van der Waals surface area (Å²) in [5.41, 5.74) is 8.48. The summed E-state index contributed by atoms with van der Waals surface area (Å²) in [7, 11) is 9.77. The molecule has 2 aromatic rings. The molecule has 0 unspecified atom stereocenters. The van der Waals surface area contributed by atoms with E-state index in [4.69, 9.17) is 20.1 Å². The van der Waals surface area contributed by atoms with E-state index >= 15 is 0 Å². The third-order valence-electron chi connectivity index (χ3n) is 3.67. The molecule has 23 heavy (non-hydrogen) atoms. The Labute approximate surface area is 149 Å². The van der Waals surface area contributed by atoms with Gasteiger partial charge in [-0.25, -0.2) is 0 Å². The Hall–Kier alpha value is -0.848. The molecule has 5 heteroatoms. The van der Waals surface area contributed by atoms with Crippen LogP contribution < -0.4 is 0 Å². The van der Waals surface area contributed by atoms with Crippen molar-refractivity contribution in [2.24, 2.45) is 7.86 Å². The Balaban J connectivity index is 2.67. The fourth-order valence-corrected chi connectivity index (χ4v) is 5.66. The van der Waals surface area contributed by atoms with E-state index < -0.39 is 10.8 Å².